The van der Waals surface area contributed by atoms with Gasteiger partial charge in [0.05, 0.1) is 13.2 Å². The molecule has 0 N–H and O–H groups in total. The third-order valence-corrected chi connectivity index (χ3v) is 1.22. The molecule has 0 saturated heterocycles. The van der Waals surface area contributed by atoms with E-state index in [-0.39, 0.29) is 5.97 Å². The first-order valence-electron chi connectivity index (χ1n) is 3.98. The molecule has 4 nitrogen and oxygen atoms in total. The van der Waals surface area contributed by atoms with Gasteiger partial charge in [0.1, 0.15) is 6.61 Å². The standard InChI is InChI=1S/C8H17NO3/c1-8(10)12-7-6-11-5-4-9(2)3/h4-7H2,1-3H3. The molecule has 0 aliphatic carbocycles. The average molecular weight is 175 g/mol. The Kier molecular flexibility index (Phi) is 6.70. The Morgan fingerprint density at radius 3 is 2.42 bits per heavy atom. The largest absolute Gasteiger partial charge is 0.463 e. The van der Waals surface area contributed by atoms with Gasteiger partial charge in [-0.05, 0) is 14.1 Å². The number of hydrogen-bond donors (Lipinski definition) is 0. The Labute approximate surface area is 73.4 Å². The quantitative estimate of drug-likeness (QED) is 0.425. The molecule has 0 aromatic heterocycles. The summed E-state index contributed by atoms with van der Waals surface area (Å²) in [6.45, 7) is 3.78. The molecule has 0 bridgehead atoms. The molecule has 4 heteroatoms. The Morgan fingerprint density at radius 2 is 1.92 bits per heavy atom. The van der Waals surface area contributed by atoms with Crippen LogP contribution in [0.15, 0.2) is 0 Å². The molecule has 0 fully saturated rings. The second kappa shape index (κ2) is 7.06. The summed E-state index contributed by atoms with van der Waals surface area (Å²) < 4.78 is 9.85. The monoisotopic (exact) mass is 175 g/mol. The number of esters is 1. The minimum absolute atomic E-state index is 0.258. The minimum Gasteiger partial charge on any atom is -0.463 e. The van der Waals surface area contributed by atoms with Crippen molar-refractivity contribution in [3.63, 3.8) is 0 Å². The minimum atomic E-state index is -0.258. The van der Waals surface area contributed by atoms with Gasteiger partial charge in [-0.15, -0.1) is 0 Å². The summed E-state index contributed by atoms with van der Waals surface area (Å²) in [6.07, 6.45) is 0. The summed E-state index contributed by atoms with van der Waals surface area (Å²) in [4.78, 5) is 12.3. The Morgan fingerprint density at radius 1 is 1.25 bits per heavy atom. The van der Waals surface area contributed by atoms with E-state index in [0.29, 0.717) is 19.8 Å². The molecule has 0 aromatic carbocycles. The number of carbonyl (C=O) groups excluding carboxylic acids is 1. The van der Waals surface area contributed by atoms with Crippen molar-refractivity contribution in [2.45, 2.75) is 6.92 Å². The summed E-state index contributed by atoms with van der Waals surface area (Å²) in [7, 11) is 3.96. The Balaban J connectivity index is 2.96. The number of hydrogen-bond acceptors (Lipinski definition) is 4. The third kappa shape index (κ3) is 9.39. The van der Waals surface area contributed by atoms with Crippen molar-refractivity contribution in [3.8, 4) is 0 Å². The fourth-order valence-electron chi connectivity index (χ4n) is 0.594. The van der Waals surface area contributed by atoms with Crippen molar-refractivity contribution in [2.24, 2.45) is 0 Å². The van der Waals surface area contributed by atoms with Gasteiger partial charge in [-0.1, -0.05) is 0 Å². The van der Waals surface area contributed by atoms with Crippen molar-refractivity contribution in [1.29, 1.82) is 0 Å². The topological polar surface area (TPSA) is 38.8 Å². The van der Waals surface area contributed by atoms with Gasteiger partial charge < -0.3 is 14.4 Å². The maximum atomic E-state index is 10.3. The van der Waals surface area contributed by atoms with Gasteiger partial charge >= 0.3 is 5.97 Å². The third-order valence-electron chi connectivity index (χ3n) is 1.22. The predicted molar refractivity (Wildman–Crippen MR) is 46.0 cm³/mol. The van der Waals surface area contributed by atoms with Crippen LogP contribution in [0.3, 0.4) is 0 Å². The highest BCUT2D eigenvalue weighted by molar-refractivity contribution is 5.65. The fourth-order valence-corrected chi connectivity index (χ4v) is 0.594. The summed E-state index contributed by atoms with van der Waals surface area (Å²) in [5, 5.41) is 0. The lowest BCUT2D eigenvalue weighted by atomic mass is 10.6. The molecule has 0 aromatic rings. The van der Waals surface area contributed by atoms with Crippen LogP contribution in [-0.4, -0.2) is 51.3 Å². The summed E-state index contributed by atoms with van der Waals surface area (Å²) in [5.74, 6) is -0.258. The number of nitrogens with zero attached hydrogens (tertiary/aromatic N) is 1. The number of rotatable bonds is 6. The van der Waals surface area contributed by atoms with Crippen LogP contribution in [0.25, 0.3) is 0 Å². The van der Waals surface area contributed by atoms with Crippen molar-refractivity contribution in [2.75, 3.05) is 40.5 Å². The molecule has 0 unspecified atom stereocenters. The van der Waals surface area contributed by atoms with Crippen molar-refractivity contribution in [3.05, 3.63) is 0 Å². The van der Waals surface area contributed by atoms with Crippen LogP contribution in [0.4, 0.5) is 0 Å². The number of carbonyl (C=O) groups is 1. The molecule has 12 heavy (non-hydrogen) atoms. The first-order valence-corrected chi connectivity index (χ1v) is 3.98. The van der Waals surface area contributed by atoms with Crippen LogP contribution in [0.1, 0.15) is 6.92 Å². The highest BCUT2D eigenvalue weighted by Gasteiger charge is 1.93. The molecular weight excluding hydrogens is 158 g/mol. The molecule has 0 atom stereocenters. The molecule has 0 aliphatic heterocycles. The molecule has 0 radical (unpaired) electrons. The lowest BCUT2D eigenvalue weighted by Crippen LogP contribution is -2.19. The van der Waals surface area contributed by atoms with Crippen LogP contribution in [0, 0.1) is 0 Å². The summed E-state index contributed by atoms with van der Waals surface area (Å²) in [5.41, 5.74) is 0. The zero-order valence-electron chi connectivity index (χ0n) is 8.00. The maximum Gasteiger partial charge on any atom is 0.302 e. The van der Waals surface area contributed by atoms with E-state index in [1.807, 2.05) is 19.0 Å². The highest BCUT2D eigenvalue weighted by Crippen LogP contribution is 1.81. The zero-order chi connectivity index (χ0) is 9.40. The van der Waals surface area contributed by atoms with Gasteiger partial charge in [0.2, 0.25) is 0 Å². The molecule has 0 heterocycles. The van der Waals surface area contributed by atoms with Crippen molar-refractivity contribution in [1.82, 2.24) is 4.90 Å². The van der Waals surface area contributed by atoms with Gasteiger partial charge in [-0.2, -0.15) is 0 Å². The smallest absolute Gasteiger partial charge is 0.302 e. The second-order valence-electron chi connectivity index (χ2n) is 2.76. The van der Waals surface area contributed by atoms with Crippen LogP contribution in [-0.2, 0) is 14.3 Å². The summed E-state index contributed by atoms with van der Waals surface area (Å²) in [6, 6.07) is 0. The fraction of sp³-hybridized carbons (Fsp3) is 0.875. The van der Waals surface area contributed by atoms with E-state index in [9.17, 15) is 4.79 Å². The number of ether oxygens (including phenoxy) is 2. The highest BCUT2D eigenvalue weighted by atomic mass is 16.6. The normalized spacial score (nSPS) is 10.3. The lowest BCUT2D eigenvalue weighted by Gasteiger charge is -2.09. The van der Waals surface area contributed by atoms with Gasteiger partial charge in [-0.3, -0.25) is 4.79 Å². The van der Waals surface area contributed by atoms with Crippen molar-refractivity contribution < 1.29 is 14.3 Å². The Bertz CT molecular complexity index is 125. The zero-order valence-corrected chi connectivity index (χ0v) is 8.00. The van der Waals surface area contributed by atoms with Gasteiger partial charge in [0.15, 0.2) is 0 Å². The Hall–Kier alpha value is -0.610. The SMILES string of the molecule is CC(=O)OCCOCCN(C)C. The van der Waals surface area contributed by atoms with E-state index < -0.39 is 0 Å². The van der Waals surface area contributed by atoms with Crippen molar-refractivity contribution >= 4 is 5.97 Å². The molecule has 0 rings (SSSR count). The van der Waals surface area contributed by atoms with E-state index in [1.165, 1.54) is 6.92 Å². The predicted octanol–water partition coefficient (Wildman–Crippen LogP) is 0.128. The first-order chi connectivity index (χ1) is 5.63. The van der Waals surface area contributed by atoms with Gasteiger partial charge in [0, 0.05) is 13.5 Å². The van der Waals surface area contributed by atoms with Crippen LogP contribution >= 0.6 is 0 Å². The van der Waals surface area contributed by atoms with E-state index in [0.717, 1.165) is 6.54 Å². The van der Waals surface area contributed by atoms with E-state index >= 15 is 0 Å². The molecule has 72 valence electrons. The van der Waals surface area contributed by atoms with Crippen LogP contribution in [0.2, 0.25) is 0 Å². The molecule has 0 aliphatic rings. The van der Waals surface area contributed by atoms with E-state index in [2.05, 4.69) is 4.74 Å². The number of likely N-dealkylation sites (N-methyl/N-ethyl adjacent to an activating group) is 1. The van der Waals surface area contributed by atoms with Crippen LogP contribution < -0.4 is 0 Å². The molecule has 0 saturated carbocycles. The van der Waals surface area contributed by atoms with Gasteiger partial charge in [0.25, 0.3) is 0 Å². The van der Waals surface area contributed by atoms with E-state index in [4.69, 9.17) is 4.74 Å². The lowest BCUT2D eigenvalue weighted by molar-refractivity contribution is -0.142. The van der Waals surface area contributed by atoms with E-state index in [1.54, 1.807) is 0 Å². The average Bonchev–Trinajstić information content (AvgIpc) is 1.95. The molecule has 0 spiro atoms. The summed E-state index contributed by atoms with van der Waals surface area (Å²) >= 11 is 0. The first kappa shape index (κ1) is 11.4. The second-order valence-corrected chi connectivity index (χ2v) is 2.76. The maximum absolute atomic E-state index is 10.3. The van der Waals surface area contributed by atoms with Gasteiger partial charge in [-0.25, -0.2) is 0 Å². The van der Waals surface area contributed by atoms with Crippen LogP contribution in [0.5, 0.6) is 0 Å². The molecule has 0 amide bonds. The molecular formula is C8H17NO3.